The fourth-order valence-corrected chi connectivity index (χ4v) is 2.29. The molecule has 2 N–H and O–H groups in total. The summed E-state index contributed by atoms with van der Waals surface area (Å²) in [5.41, 5.74) is -0.476. The SMILES string of the molecule is CC1=C(C(=O)O)c2c(F)c(C(C)C=O)cc(F)c2CN1. The summed E-state index contributed by atoms with van der Waals surface area (Å²) in [6, 6.07) is 0.953. The summed E-state index contributed by atoms with van der Waals surface area (Å²) in [6.07, 6.45) is 0.488. The highest BCUT2D eigenvalue weighted by Crippen LogP contribution is 2.34. The van der Waals surface area contributed by atoms with Crippen molar-refractivity contribution in [2.75, 3.05) is 0 Å². The van der Waals surface area contributed by atoms with Gasteiger partial charge in [-0.1, -0.05) is 6.92 Å². The number of benzene rings is 1. The highest BCUT2D eigenvalue weighted by molar-refractivity contribution is 6.17. The first-order valence-corrected chi connectivity index (χ1v) is 6.03. The number of fused-ring (bicyclic) bond motifs is 1. The highest BCUT2D eigenvalue weighted by atomic mass is 19.1. The van der Waals surface area contributed by atoms with Gasteiger partial charge in [0.05, 0.1) is 5.57 Å². The number of aliphatic carboxylic acids is 1. The molecular weight excluding hydrogens is 268 g/mol. The molecule has 4 nitrogen and oxygen atoms in total. The van der Waals surface area contributed by atoms with E-state index in [0.29, 0.717) is 6.29 Å². The zero-order chi connectivity index (χ0) is 15.0. The monoisotopic (exact) mass is 281 g/mol. The maximum Gasteiger partial charge on any atom is 0.338 e. The number of carboxylic acids is 1. The van der Waals surface area contributed by atoms with Crippen LogP contribution in [0.2, 0.25) is 0 Å². The van der Waals surface area contributed by atoms with E-state index >= 15 is 0 Å². The molecule has 1 heterocycles. The summed E-state index contributed by atoms with van der Waals surface area (Å²) in [6.45, 7) is 2.92. The normalized spacial score (nSPS) is 15.4. The summed E-state index contributed by atoms with van der Waals surface area (Å²) in [5.74, 6) is -3.76. The standard InChI is InChI=1S/C14H13F2NO3/c1-6(5-18)8-3-10(15)9-4-17-7(2)11(14(19)20)12(9)13(8)16/h3,5-6,17H,4H2,1-2H3,(H,19,20). The van der Waals surface area contributed by atoms with Crippen LogP contribution in [0.15, 0.2) is 11.8 Å². The van der Waals surface area contributed by atoms with E-state index in [1.807, 2.05) is 0 Å². The Kier molecular flexibility index (Phi) is 3.57. The molecule has 1 atom stereocenters. The van der Waals surface area contributed by atoms with Crippen molar-refractivity contribution < 1.29 is 23.5 Å². The van der Waals surface area contributed by atoms with Crippen molar-refractivity contribution in [3.8, 4) is 0 Å². The van der Waals surface area contributed by atoms with Gasteiger partial charge in [0.2, 0.25) is 0 Å². The number of hydrogen-bond acceptors (Lipinski definition) is 3. The van der Waals surface area contributed by atoms with Crippen LogP contribution in [0.3, 0.4) is 0 Å². The molecule has 2 rings (SSSR count). The number of halogens is 2. The van der Waals surface area contributed by atoms with E-state index in [-0.39, 0.29) is 34.5 Å². The number of nitrogens with one attached hydrogen (secondary N) is 1. The van der Waals surface area contributed by atoms with E-state index in [1.165, 1.54) is 13.8 Å². The van der Waals surface area contributed by atoms with Gasteiger partial charge in [-0.2, -0.15) is 0 Å². The lowest BCUT2D eigenvalue weighted by molar-refractivity contribution is -0.130. The molecule has 1 aromatic rings. The smallest absolute Gasteiger partial charge is 0.338 e. The summed E-state index contributed by atoms with van der Waals surface area (Å²) < 4.78 is 28.5. The quantitative estimate of drug-likeness (QED) is 0.833. The van der Waals surface area contributed by atoms with Crippen molar-refractivity contribution in [3.63, 3.8) is 0 Å². The van der Waals surface area contributed by atoms with E-state index in [0.717, 1.165) is 6.07 Å². The average Bonchev–Trinajstić information content (AvgIpc) is 2.41. The summed E-state index contributed by atoms with van der Waals surface area (Å²) in [4.78, 5) is 22.1. The maximum atomic E-state index is 14.5. The molecule has 0 bridgehead atoms. The molecule has 1 unspecified atom stereocenters. The number of hydrogen-bond donors (Lipinski definition) is 2. The molecule has 0 amide bonds. The Bertz CT molecular complexity index is 638. The Labute approximate surface area is 114 Å². The van der Waals surface area contributed by atoms with Gasteiger partial charge in [-0.15, -0.1) is 0 Å². The van der Waals surface area contributed by atoms with Crippen LogP contribution in [-0.2, 0) is 16.1 Å². The molecule has 1 aromatic carbocycles. The van der Waals surface area contributed by atoms with Gasteiger partial charge in [0.1, 0.15) is 17.9 Å². The van der Waals surface area contributed by atoms with Crippen LogP contribution in [0, 0.1) is 11.6 Å². The van der Waals surface area contributed by atoms with E-state index in [1.54, 1.807) is 0 Å². The second-order valence-electron chi connectivity index (χ2n) is 4.70. The zero-order valence-corrected chi connectivity index (χ0v) is 11.0. The van der Waals surface area contributed by atoms with Crippen molar-refractivity contribution in [3.05, 3.63) is 40.1 Å². The van der Waals surface area contributed by atoms with Crippen LogP contribution in [0.4, 0.5) is 8.78 Å². The topological polar surface area (TPSA) is 66.4 Å². The predicted octanol–water partition coefficient (Wildman–Crippen LogP) is 2.19. The van der Waals surface area contributed by atoms with E-state index in [2.05, 4.69) is 5.32 Å². The van der Waals surface area contributed by atoms with Crippen molar-refractivity contribution in [2.24, 2.45) is 0 Å². The molecule has 0 saturated heterocycles. The molecular formula is C14H13F2NO3. The van der Waals surface area contributed by atoms with Gasteiger partial charge in [0.15, 0.2) is 0 Å². The largest absolute Gasteiger partial charge is 0.478 e. The van der Waals surface area contributed by atoms with Crippen molar-refractivity contribution in [1.82, 2.24) is 5.32 Å². The van der Waals surface area contributed by atoms with Crippen LogP contribution in [0.5, 0.6) is 0 Å². The Morgan fingerprint density at radius 2 is 2.15 bits per heavy atom. The van der Waals surface area contributed by atoms with Gasteiger partial charge in [-0.05, 0) is 13.0 Å². The number of carbonyl (C=O) groups excluding carboxylic acids is 1. The first kappa shape index (κ1) is 14.2. The second-order valence-corrected chi connectivity index (χ2v) is 4.70. The average molecular weight is 281 g/mol. The number of carbonyl (C=O) groups is 2. The molecule has 1 aliphatic rings. The summed E-state index contributed by atoms with van der Waals surface area (Å²) >= 11 is 0. The van der Waals surface area contributed by atoms with Crippen molar-refractivity contribution in [2.45, 2.75) is 26.3 Å². The maximum absolute atomic E-state index is 14.5. The van der Waals surface area contributed by atoms with E-state index < -0.39 is 23.5 Å². The Morgan fingerprint density at radius 1 is 1.50 bits per heavy atom. The number of aldehydes is 1. The fourth-order valence-electron chi connectivity index (χ4n) is 2.29. The molecule has 0 saturated carbocycles. The van der Waals surface area contributed by atoms with Crippen LogP contribution < -0.4 is 5.32 Å². The van der Waals surface area contributed by atoms with Crippen LogP contribution in [0.1, 0.15) is 36.5 Å². The molecule has 1 aliphatic heterocycles. The molecule has 106 valence electrons. The lowest BCUT2D eigenvalue weighted by Crippen LogP contribution is -2.25. The molecule has 6 heteroatoms. The van der Waals surface area contributed by atoms with Gasteiger partial charge in [0, 0.05) is 34.9 Å². The van der Waals surface area contributed by atoms with E-state index in [4.69, 9.17) is 0 Å². The Hall–Kier alpha value is -2.24. The van der Waals surface area contributed by atoms with Crippen LogP contribution in [0.25, 0.3) is 5.57 Å². The lowest BCUT2D eigenvalue weighted by atomic mass is 9.89. The third kappa shape index (κ3) is 2.07. The third-order valence-corrected chi connectivity index (χ3v) is 3.41. The number of rotatable bonds is 3. The van der Waals surface area contributed by atoms with Crippen molar-refractivity contribution in [1.29, 1.82) is 0 Å². The Morgan fingerprint density at radius 3 is 2.70 bits per heavy atom. The van der Waals surface area contributed by atoms with Gasteiger partial charge in [0.25, 0.3) is 0 Å². The van der Waals surface area contributed by atoms with Gasteiger partial charge in [-0.25, -0.2) is 13.6 Å². The fraction of sp³-hybridized carbons (Fsp3) is 0.286. The molecule has 20 heavy (non-hydrogen) atoms. The Balaban J connectivity index is 2.80. The van der Waals surface area contributed by atoms with Crippen LogP contribution in [-0.4, -0.2) is 17.4 Å². The minimum atomic E-state index is -1.34. The molecule has 0 fully saturated rings. The van der Waals surface area contributed by atoms with Gasteiger partial charge in [-0.3, -0.25) is 0 Å². The predicted molar refractivity (Wildman–Crippen MR) is 67.9 cm³/mol. The van der Waals surface area contributed by atoms with Gasteiger partial charge >= 0.3 is 5.97 Å². The zero-order valence-electron chi connectivity index (χ0n) is 11.0. The summed E-state index contributed by atoms with van der Waals surface area (Å²) in [5, 5.41) is 11.9. The van der Waals surface area contributed by atoms with E-state index in [9.17, 15) is 23.5 Å². The first-order chi connectivity index (χ1) is 9.38. The minimum absolute atomic E-state index is 0.0104. The molecule has 0 aliphatic carbocycles. The summed E-state index contributed by atoms with van der Waals surface area (Å²) in [7, 11) is 0. The number of carboxylic acid groups (broad SMARTS) is 1. The van der Waals surface area contributed by atoms with Crippen LogP contribution >= 0.6 is 0 Å². The first-order valence-electron chi connectivity index (χ1n) is 6.03. The van der Waals surface area contributed by atoms with Crippen molar-refractivity contribution >= 4 is 17.8 Å². The van der Waals surface area contributed by atoms with Gasteiger partial charge < -0.3 is 15.2 Å². The number of allylic oxidation sites excluding steroid dienone is 1. The third-order valence-electron chi connectivity index (χ3n) is 3.41. The molecule has 0 aromatic heterocycles. The second kappa shape index (κ2) is 5.03. The highest BCUT2D eigenvalue weighted by Gasteiger charge is 2.30. The molecule has 0 radical (unpaired) electrons. The lowest BCUT2D eigenvalue weighted by Gasteiger charge is -2.23. The minimum Gasteiger partial charge on any atom is -0.478 e. The molecule has 0 spiro atoms.